The molecule has 158 valence electrons. The molecule has 4 rings (SSSR count). The summed E-state index contributed by atoms with van der Waals surface area (Å²) in [5, 5.41) is 1.77. The number of aryl methyl sites for hydroxylation is 2. The Hall–Kier alpha value is -1.99. The second kappa shape index (κ2) is 9.88. The zero-order valence-electron chi connectivity index (χ0n) is 17.0. The van der Waals surface area contributed by atoms with Gasteiger partial charge in [0.2, 0.25) is 0 Å². The molecule has 1 aliphatic rings. The predicted octanol–water partition coefficient (Wildman–Crippen LogP) is 4.65. The Labute approximate surface area is 186 Å². The van der Waals surface area contributed by atoms with Crippen LogP contribution in [0, 0.1) is 6.92 Å². The number of hydrogen-bond acceptors (Lipinski definition) is 5. The van der Waals surface area contributed by atoms with Crippen molar-refractivity contribution in [1.29, 1.82) is 0 Å². The van der Waals surface area contributed by atoms with Crippen LogP contribution in [0.5, 0.6) is 5.75 Å². The van der Waals surface area contributed by atoms with Crippen molar-refractivity contribution >= 4 is 23.5 Å². The monoisotopic (exact) mass is 442 g/mol. The number of benzene rings is 2. The normalized spacial score (nSPS) is 18.2. The van der Waals surface area contributed by atoms with E-state index in [2.05, 4.69) is 39.0 Å². The Kier molecular flexibility index (Phi) is 7.00. The van der Waals surface area contributed by atoms with Crippen molar-refractivity contribution in [3.8, 4) is 5.75 Å². The van der Waals surface area contributed by atoms with Crippen molar-refractivity contribution in [2.24, 2.45) is 5.73 Å². The second-order valence-corrected chi connectivity index (χ2v) is 9.05. The largest absolute Gasteiger partial charge is 0.492 e. The van der Waals surface area contributed by atoms with Gasteiger partial charge in [0.25, 0.3) is 0 Å². The zero-order valence-corrected chi connectivity index (χ0v) is 18.6. The first-order valence-electron chi connectivity index (χ1n) is 10.3. The number of halogens is 1. The highest BCUT2D eigenvalue weighted by Gasteiger charge is 2.27. The van der Waals surface area contributed by atoms with E-state index in [0.29, 0.717) is 6.61 Å². The Balaban J connectivity index is 1.37. The first-order chi connectivity index (χ1) is 14.6. The first kappa shape index (κ1) is 21.2. The maximum atomic E-state index is 6.53. The molecule has 3 aromatic rings. The Morgan fingerprint density at radius 3 is 3.00 bits per heavy atom. The van der Waals surface area contributed by atoms with E-state index < -0.39 is 0 Å². The van der Waals surface area contributed by atoms with Crippen LogP contribution in [-0.2, 0) is 12.8 Å². The maximum Gasteiger partial charge on any atom is 0.119 e. The number of H-pyrrole nitrogens is 1. The summed E-state index contributed by atoms with van der Waals surface area (Å²) in [6.45, 7) is 3.25. The topological polar surface area (TPSA) is 76.0 Å². The molecule has 7 heteroatoms. The molecule has 30 heavy (non-hydrogen) atoms. The summed E-state index contributed by atoms with van der Waals surface area (Å²) in [7, 11) is 0. The van der Waals surface area contributed by atoms with Crippen LogP contribution in [0.2, 0.25) is 5.02 Å². The second-order valence-electron chi connectivity index (χ2n) is 7.68. The van der Waals surface area contributed by atoms with Crippen LogP contribution in [0.15, 0.2) is 53.7 Å². The lowest BCUT2D eigenvalue weighted by molar-refractivity contribution is 0.323. The van der Waals surface area contributed by atoms with Gasteiger partial charge in [0.1, 0.15) is 23.2 Å². The third kappa shape index (κ3) is 5.38. The Morgan fingerprint density at radius 1 is 1.30 bits per heavy atom. The van der Waals surface area contributed by atoms with Crippen molar-refractivity contribution in [1.82, 2.24) is 14.7 Å². The molecule has 4 N–H and O–H groups in total. The summed E-state index contributed by atoms with van der Waals surface area (Å²) in [6, 6.07) is 14.6. The Bertz CT molecular complexity index is 993. The third-order valence-corrected chi connectivity index (χ3v) is 6.47. The summed E-state index contributed by atoms with van der Waals surface area (Å²) in [6.07, 6.45) is 4.73. The number of aromatic nitrogens is 2. The summed E-state index contributed by atoms with van der Waals surface area (Å²) >= 11 is 7.71. The number of aromatic amines is 1. The molecule has 2 aromatic carbocycles. The lowest BCUT2D eigenvalue weighted by Crippen LogP contribution is -2.34. The highest BCUT2D eigenvalue weighted by Crippen LogP contribution is 2.36. The fraction of sp³-hybridized carbons (Fsp3) is 0.348. The fourth-order valence-electron chi connectivity index (χ4n) is 3.96. The van der Waals surface area contributed by atoms with Crippen LogP contribution in [0.1, 0.15) is 34.9 Å². The molecule has 0 bridgehead atoms. The summed E-state index contributed by atoms with van der Waals surface area (Å²) in [5.41, 5.74) is 10.4. The van der Waals surface area contributed by atoms with Crippen LogP contribution in [0.4, 0.5) is 0 Å². The molecule has 2 unspecified atom stereocenters. The van der Waals surface area contributed by atoms with Gasteiger partial charge in [-0.2, -0.15) is 0 Å². The third-order valence-electron chi connectivity index (χ3n) is 5.46. The van der Waals surface area contributed by atoms with E-state index in [0.717, 1.165) is 47.4 Å². The molecule has 0 spiro atoms. The summed E-state index contributed by atoms with van der Waals surface area (Å²) in [5.74, 6) is 2.08. The molecular formula is C23H27ClN4OS. The maximum absolute atomic E-state index is 6.53. The fourth-order valence-corrected chi connectivity index (χ4v) is 4.82. The molecule has 0 saturated carbocycles. The predicted molar refractivity (Wildman–Crippen MR) is 123 cm³/mol. The van der Waals surface area contributed by atoms with Gasteiger partial charge in [0.15, 0.2) is 0 Å². The van der Waals surface area contributed by atoms with Crippen molar-refractivity contribution in [2.45, 2.75) is 43.2 Å². The van der Waals surface area contributed by atoms with Gasteiger partial charge >= 0.3 is 0 Å². The standard InChI is InChI=1S/C23H27ClN4OS/c1-15-26-14-23(28-15)30-27-9-10-29-19-7-5-17-6-8-22(25)21(20(17)13-19)12-16-3-2-4-18(24)11-16/h2-5,7,11,13-14,21-22,27H,6,8-10,12,25H2,1H3,(H,26,28). The number of ether oxygens (including phenoxy) is 1. The van der Waals surface area contributed by atoms with Gasteiger partial charge in [-0.1, -0.05) is 29.8 Å². The number of nitrogens with one attached hydrogen (secondary N) is 2. The average molecular weight is 443 g/mol. The molecule has 5 nitrogen and oxygen atoms in total. The molecule has 0 fully saturated rings. The molecule has 1 aliphatic carbocycles. The van der Waals surface area contributed by atoms with Crippen LogP contribution >= 0.6 is 23.5 Å². The number of rotatable bonds is 8. The summed E-state index contributed by atoms with van der Waals surface area (Å²) < 4.78 is 9.29. The van der Waals surface area contributed by atoms with E-state index >= 15 is 0 Å². The molecular weight excluding hydrogens is 416 g/mol. The van der Waals surface area contributed by atoms with Gasteiger partial charge in [-0.3, -0.25) is 4.72 Å². The van der Waals surface area contributed by atoms with Crippen molar-refractivity contribution in [2.75, 3.05) is 13.2 Å². The van der Waals surface area contributed by atoms with Gasteiger partial charge in [-0.05, 0) is 79.1 Å². The highest BCUT2D eigenvalue weighted by atomic mass is 35.5. The minimum absolute atomic E-state index is 0.141. The van der Waals surface area contributed by atoms with E-state index in [1.165, 1.54) is 28.6 Å². The van der Waals surface area contributed by atoms with Crippen LogP contribution in [-0.4, -0.2) is 29.2 Å². The Morgan fingerprint density at radius 2 is 2.20 bits per heavy atom. The van der Waals surface area contributed by atoms with Crippen molar-refractivity contribution in [3.05, 3.63) is 76.2 Å². The van der Waals surface area contributed by atoms with Gasteiger partial charge in [0.05, 0.1) is 6.20 Å². The number of imidazole rings is 1. The number of nitrogens with two attached hydrogens (primary N) is 1. The van der Waals surface area contributed by atoms with Crippen LogP contribution in [0.25, 0.3) is 0 Å². The van der Waals surface area contributed by atoms with Crippen LogP contribution < -0.4 is 15.2 Å². The van der Waals surface area contributed by atoms with E-state index in [4.69, 9.17) is 22.1 Å². The van der Waals surface area contributed by atoms with Crippen molar-refractivity contribution < 1.29 is 4.74 Å². The van der Waals surface area contributed by atoms with Gasteiger partial charge in [-0.25, -0.2) is 4.98 Å². The minimum atomic E-state index is 0.141. The smallest absolute Gasteiger partial charge is 0.119 e. The molecule has 0 aliphatic heterocycles. The van der Waals surface area contributed by atoms with Gasteiger partial charge < -0.3 is 15.5 Å². The molecule has 0 radical (unpaired) electrons. The molecule has 0 saturated heterocycles. The first-order valence-corrected chi connectivity index (χ1v) is 11.4. The average Bonchev–Trinajstić information content (AvgIpc) is 3.15. The van der Waals surface area contributed by atoms with E-state index in [9.17, 15) is 0 Å². The number of nitrogens with zero attached hydrogens (tertiary/aromatic N) is 1. The number of hydrogen-bond donors (Lipinski definition) is 3. The highest BCUT2D eigenvalue weighted by molar-refractivity contribution is 7.97. The van der Waals surface area contributed by atoms with Gasteiger partial charge in [0, 0.05) is 23.5 Å². The SMILES string of the molecule is Cc1ncc(SNCCOc2ccc3c(c2)C(Cc2cccc(Cl)c2)C(N)CC3)[nH]1. The van der Waals surface area contributed by atoms with E-state index in [-0.39, 0.29) is 12.0 Å². The van der Waals surface area contributed by atoms with Gasteiger partial charge in [-0.15, -0.1) is 0 Å². The van der Waals surface area contributed by atoms with Crippen LogP contribution in [0.3, 0.4) is 0 Å². The van der Waals surface area contributed by atoms with Crippen molar-refractivity contribution in [3.63, 3.8) is 0 Å². The molecule has 1 heterocycles. The molecule has 1 aromatic heterocycles. The quantitative estimate of drug-likeness (QED) is 0.350. The van der Waals surface area contributed by atoms with E-state index in [1.54, 1.807) is 0 Å². The summed E-state index contributed by atoms with van der Waals surface area (Å²) in [4.78, 5) is 7.37. The lowest BCUT2D eigenvalue weighted by atomic mass is 9.76. The zero-order chi connectivity index (χ0) is 20.9. The molecule has 2 atom stereocenters. The minimum Gasteiger partial charge on any atom is -0.492 e. The molecule has 0 amide bonds. The van der Waals surface area contributed by atoms with E-state index in [1.807, 2.05) is 31.3 Å². The lowest BCUT2D eigenvalue weighted by Gasteiger charge is -2.32. The number of fused-ring (bicyclic) bond motifs is 1.